The summed E-state index contributed by atoms with van der Waals surface area (Å²) in [5, 5.41) is 5.56. The van der Waals surface area contributed by atoms with Crippen LogP contribution in [0, 0.1) is 5.92 Å². The Labute approximate surface area is 254 Å². The van der Waals surface area contributed by atoms with Crippen molar-refractivity contribution in [3.8, 4) is 0 Å². The van der Waals surface area contributed by atoms with E-state index in [-0.39, 0.29) is 37.4 Å². The van der Waals surface area contributed by atoms with Crippen molar-refractivity contribution >= 4 is 34.0 Å². The molecule has 242 valence electrons. The summed E-state index contributed by atoms with van der Waals surface area (Å²) in [6, 6.07) is -2.08. The third kappa shape index (κ3) is 8.07. The van der Waals surface area contributed by atoms with E-state index >= 15 is 0 Å². The lowest BCUT2D eigenvalue weighted by Crippen LogP contribution is -2.59. The fourth-order valence-electron chi connectivity index (χ4n) is 6.29. The summed E-state index contributed by atoms with van der Waals surface area (Å²) in [5.74, 6) is -2.05. The molecular formula is C29H47N5O8S. The van der Waals surface area contributed by atoms with Crippen LogP contribution < -0.4 is 15.4 Å². The standard InChI is InChI=1S/C29H47N5O8S/c1-28(2,3)42-27(38)30-22-14-9-7-5-6-8-12-20-18-29(20,31-24(35)23-15-11-16-33(23)25(22)36)26(37)32-43(39,40)34-17-10-13-21(34)19-41-4/h8,12,20-23H,5-7,9-11,13-19H2,1-4H3,(H,30,38)(H,31,35)(H,32,37)/b12-8-/t20?,21-,22?,23?,29?/m1/s1. The molecule has 0 bridgehead atoms. The summed E-state index contributed by atoms with van der Waals surface area (Å²) in [5.41, 5.74) is -2.18. The predicted molar refractivity (Wildman–Crippen MR) is 158 cm³/mol. The molecule has 5 atom stereocenters. The van der Waals surface area contributed by atoms with E-state index in [1.54, 1.807) is 20.8 Å². The van der Waals surface area contributed by atoms with E-state index in [1.807, 2.05) is 12.2 Å². The zero-order valence-electron chi connectivity index (χ0n) is 25.7. The van der Waals surface area contributed by atoms with Crippen molar-refractivity contribution in [3.05, 3.63) is 12.2 Å². The highest BCUT2D eigenvalue weighted by Gasteiger charge is 2.61. The molecule has 4 rings (SSSR count). The van der Waals surface area contributed by atoms with Gasteiger partial charge in [-0.05, 0) is 72.1 Å². The normalized spacial score (nSPS) is 31.6. The second kappa shape index (κ2) is 13.5. The van der Waals surface area contributed by atoms with Crippen LogP contribution in [-0.4, -0.2) is 97.5 Å². The molecule has 1 saturated carbocycles. The lowest BCUT2D eigenvalue weighted by atomic mass is 10.0. The van der Waals surface area contributed by atoms with E-state index in [1.165, 1.54) is 16.3 Å². The molecule has 43 heavy (non-hydrogen) atoms. The van der Waals surface area contributed by atoms with Gasteiger partial charge in [0.05, 0.1) is 6.61 Å². The largest absolute Gasteiger partial charge is 0.444 e. The fourth-order valence-corrected chi connectivity index (χ4v) is 7.76. The number of fused-ring (bicyclic) bond motifs is 2. The van der Waals surface area contributed by atoms with Crippen molar-refractivity contribution in [2.45, 2.75) is 114 Å². The van der Waals surface area contributed by atoms with E-state index in [4.69, 9.17) is 9.47 Å². The van der Waals surface area contributed by atoms with Crippen molar-refractivity contribution in [2.24, 2.45) is 5.92 Å². The lowest BCUT2D eigenvalue weighted by molar-refractivity contribution is -0.141. The molecule has 2 saturated heterocycles. The third-order valence-corrected chi connectivity index (χ3v) is 10.1. The van der Waals surface area contributed by atoms with Gasteiger partial charge in [0.25, 0.3) is 5.91 Å². The van der Waals surface area contributed by atoms with Crippen LogP contribution in [0.3, 0.4) is 0 Å². The third-order valence-electron chi connectivity index (χ3n) is 8.54. The van der Waals surface area contributed by atoms with Crippen molar-refractivity contribution in [1.82, 2.24) is 24.6 Å². The van der Waals surface area contributed by atoms with Crippen molar-refractivity contribution in [2.75, 3.05) is 26.8 Å². The first-order chi connectivity index (χ1) is 20.3. The molecule has 0 aromatic carbocycles. The first kappa shape index (κ1) is 33.2. The first-order valence-corrected chi connectivity index (χ1v) is 16.8. The van der Waals surface area contributed by atoms with Gasteiger partial charge in [-0.15, -0.1) is 0 Å². The molecule has 0 aromatic rings. The molecule has 0 spiro atoms. The number of hydrogen-bond acceptors (Lipinski definition) is 8. The van der Waals surface area contributed by atoms with Gasteiger partial charge < -0.3 is 25.0 Å². The monoisotopic (exact) mass is 625 g/mol. The highest BCUT2D eigenvalue weighted by molar-refractivity contribution is 7.87. The van der Waals surface area contributed by atoms with Gasteiger partial charge >= 0.3 is 16.3 Å². The van der Waals surface area contributed by atoms with Crippen molar-refractivity contribution in [1.29, 1.82) is 0 Å². The number of hydrogen-bond donors (Lipinski definition) is 3. The Bertz CT molecular complexity index is 1200. The fraction of sp³-hybridized carbons (Fsp3) is 0.793. The molecule has 3 fully saturated rings. The average molecular weight is 626 g/mol. The minimum Gasteiger partial charge on any atom is -0.444 e. The molecule has 14 heteroatoms. The molecule has 13 nitrogen and oxygen atoms in total. The molecule has 3 aliphatic heterocycles. The number of rotatable bonds is 6. The number of methoxy groups -OCH3 is 1. The lowest BCUT2D eigenvalue weighted by Gasteiger charge is -2.31. The molecule has 4 unspecified atom stereocenters. The van der Waals surface area contributed by atoms with Gasteiger partial charge in [0.1, 0.15) is 23.2 Å². The van der Waals surface area contributed by atoms with Crippen LogP contribution in [0.25, 0.3) is 0 Å². The average Bonchev–Trinajstić information content (AvgIpc) is 3.23. The zero-order valence-corrected chi connectivity index (χ0v) is 26.5. The number of carbonyl (C=O) groups excluding carboxylic acids is 4. The topological polar surface area (TPSA) is 163 Å². The van der Waals surface area contributed by atoms with E-state index in [9.17, 15) is 27.6 Å². The van der Waals surface area contributed by atoms with Crippen LogP contribution in [0.2, 0.25) is 0 Å². The van der Waals surface area contributed by atoms with Crippen molar-refractivity contribution in [3.63, 3.8) is 0 Å². The molecular weight excluding hydrogens is 578 g/mol. The van der Waals surface area contributed by atoms with Crippen LogP contribution in [0.1, 0.15) is 85.0 Å². The molecule has 4 aliphatic rings. The Kier molecular flexibility index (Phi) is 10.4. The highest BCUT2D eigenvalue weighted by Crippen LogP contribution is 2.46. The SMILES string of the molecule is COC[C@H]1CCCN1S(=O)(=O)NC(=O)C12CC1/C=C\CCCCCC(NC(=O)OC(C)(C)C)C(=O)N1CCCC1C(=O)N2. The molecule has 0 radical (unpaired) electrons. The number of carbonyl (C=O) groups is 4. The molecule has 0 aromatic heterocycles. The van der Waals surface area contributed by atoms with Gasteiger partial charge in [-0.2, -0.15) is 12.7 Å². The maximum atomic E-state index is 13.7. The molecule has 3 N–H and O–H groups in total. The number of ether oxygens (including phenoxy) is 2. The Morgan fingerprint density at radius 2 is 1.81 bits per heavy atom. The van der Waals surface area contributed by atoms with E-state index in [2.05, 4.69) is 15.4 Å². The van der Waals surface area contributed by atoms with Crippen LogP contribution in [-0.2, 0) is 34.1 Å². The maximum absolute atomic E-state index is 13.7. The second-order valence-corrected chi connectivity index (χ2v) is 14.6. The first-order valence-electron chi connectivity index (χ1n) is 15.4. The number of allylic oxidation sites excluding steroid dienone is 1. The molecule has 4 amide bonds. The van der Waals surface area contributed by atoms with Crippen LogP contribution in [0.15, 0.2) is 12.2 Å². The van der Waals surface area contributed by atoms with Gasteiger partial charge in [0.15, 0.2) is 0 Å². The number of alkyl carbamates (subject to hydrolysis) is 1. The Hall–Kier alpha value is -2.71. The van der Waals surface area contributed by atoms with E-state index in [0.29, 0.717) is 45.1 Å². The highest BCUT2D eigenvalue weighted by atomic mass is 32.2. The molecule has 3 heterocycles. The Morgan fingerprint density at radius 3 is 2.53 bits per heavy atom. The van der Waals surface area contributed by atoms with E-state index < -0.39 is 51.3 Å². The number of nitrogens with zero attached hydrogens (tertiary/aromatic N) is 2. The predicted octanol–water partition coefficient (Wildman–Crippen LogP) is 1.74. The zero-order chi connectivity index (χ0) is 31.4. The van der Waals surface area contributed by atoms with Crippen molar-refractivity contribution < 1.29 is 37.1 Å². The van der Waals surface area contributed by atoms with Crippen LogP contribution in [0.4, 0.5) is 4.79 Å². The Balaban J connectivity index is 1.54. The van der Waals surface area contributed by atoms with E-state index in [0.717, 1.165) is 19.3 Å². The quantitative estimate of drug-likeness (QED) is 0.376. The van der Waals surface area contributed by atoms with Crippen LogP contribution >= 0.6 is 0 Å². The molecule has 1 aliphatic carbocycles. The summed E-state index contributed by atoms with van der Waals surface area (Å²) in [6.45, 7) is 6.05. The second-order valence-electron chi connectivity index (χ2n) is 13.0. The minimum atomic E-state index is -4.17. The minimum absolute atomic E-state index is 0.220. The number of nitrogens with one attached hydrogen (secondary N) is 3. The van der Waals surface area contributed by atoms with Gasteiger partial charge in [-0.3, -0.25) is 14.4 Å². The van der Waals surface area contributed by atoms with Gasteiger partial charge in [-0.1, -0.05) is 25.0 Å². The Morgan fingerprint density at radius 1 is 1.07 bits per heavy atom. The van der Waals surface area contributed by atoms with Crippen LogP contribution in [0.5, 0.6) is 0 Å². The summed E-state index contributed by atoms with van der Waals surface area (Å²) in [4.78, 5) is 55.1. The van der Waals surface area contributed by atoms with Gasteiger partial charge in [-0.25, -0.2) is 9.52 Å². The summed E-state index contributed by atoms with van der Waals surface area (Å²) >= 11 is 0. The maximum Gasteiger partial charge on any atom is 0.408 e. The summed E-state index contributed by atoms with van der Waals surface area (Å²) < 4.78 is 40.6. The summed E-state index contributed by atoms with van der Waals surface area (Å²) in [6.07, 6.45) is 9.11. The van der Waals surface area contributed by atoms with Gasteiger partial charge in [0, 0.05) is 32.2 Å². The summed E-state index contributed by atoms with van der Waals surface area (Å²) in [7, 11) is -2.67. The number of amides is 4. The van der Waals surface area contributed by atoms with Gasteiger partial charge in [0.2, 0.25) is 11.8 Å². The smallest absolute Gasteiger partial charge is 0.408 e.